The van der Waals surface area contributed by atoms with Crippen LogP contribution < -0.4 is 13.8 Å². The highest BCUT2D eigenvalue weighted by Crippen LogP contribution is 2.35. The van der Waals surface area contributed by atoms with E-state index in [0.717, 1.165) is 37.9 Å². The summed E-state index contributed by atoms with van der Waals surface area (Å²) in [6.07, 6.45) is 2.45. The molecule has 2 aromatic rings. The third-order valence-corrected chi connectivity index (χ3v) is 7.32. The van der Waals surface area contributed by atoms with E-state index in [1.54, 1.807) is 12.1 Å². The van der Waals surface area contributed by atoms with Gasteiger partial charge in [0.25, 0.3) is 15.9 Å². The van der Waals surface area contributed by atoms with Crippen molar-refractivity contribution in [1.82, 2.24) is 4.90 Å². The molecule has 7 nitrogen and oxygen atoms in total. The number of carbonyl (C=O) groups excluding carboxylic acids is 1. The van der Waals surface area contributed by atoms with Crippen LogP contribution in [0.4, 0.5) is 5.69 Å². The largest absolute Gasteiger partial charge is 0.485 e. The minimum absolute atomic E-state index is 0.0690. The van der Waals surface area contributed by atoms with E-state index in [0.29, 0.717) is 17.2 Å². The molecule has 0 radical (unpaired) electrons. The molecule has 4 rings (SSSR count). The van der Waals surface area contributed by atoms with Crippen LogP contribution in [0.15, 0.2) is 47.4 Å². The highest BCUT2D eigenvalue weighted by atomic mass is 32.2. The molecule has 2 aliphatic rings. The SMILES string of the molecule is Cc1cccc(N(C)S(=O)(=O)c2ccc3c(c2)OC[C@H](C(=O)N2CCCCC2)O3)c1. The van der Waals surface area contributed by atoms with Crippen LogP contribution in [0, 0.1) is 6.92 Å². The second kappa shape index (κ2) is 8.18. The third-order valence-electron chi connectivity index (χ3n) is 5.54. The Morgan fingerprint density at radius 1 is 1.07 bits per heavy atom. The molecule has 160 valence electrons. The fourth-order valence-corrected chi connectivity index (χ4v) is 4.98. The van der Waals surface area contributed by atoms with E-state index in [1.165, 1.54) is 23.5 Å². The van der Waals surface area contributed by atoms with Crippen molar-refractivity contribution in [2.75, 3.05) is 31.0 Å². The second-order valence-electron chi connectivity index (χ2n) is 7.72. The molecule has 1 atom stereocenters. The highest BCUT2D eigenvalue weighted by Gasteiger charge is 2.33. The first kappa shape index (κ1) is 20.5. The van der Waals surface area contributed by atoms with Crippen molar-refractivity contribution in [1.29, 1.82) is 0 Å². The van der Waals surface area contributed by atoms with Crippen molar-refractivity contribution in [3.63, 3.8) is 0 Å². The van der Waals surface area contributed by atoms with Gasteiger partial charge in [-0.05, 0) is 56.0 Å². The summed E-state index contributed by atoms with van der Waals surface area (Å²) in [5, 5.41) is 0. The lowest BCUT2D eigenvalue weighted by Gasteiger charge is -2.32. The van der Waals surface area contributed by atoms with E-state index in [2.05, 4.69) is 0 Å². The lowest BCUT2D eigenvalue weighted by Crippen LogP contribution is -2.48. The first-order valence-electron chi connectivity index (χ1n) is 10.1. The van der Waals surface area contributed by atoms with Crippen LogP contribution in [-0.2, 0) is 14.8 Å². The average Bonchev–Trinajstić information content (AvgIpc) is 2.78. The number of piperidine rings is 1. The number of carbonyl (C=O) groups is 1. The maximum absolute atomic E-state index is 13.1. The van der Waals surface area contributed by atoms with Crippen LogP contribution in [0.5, 0.6) is 11.5 Å². The molecule has 2 aromatic carbocycles. The molecule has 2 heterocycles. The summed E-state index contributed by atoms with van der Waals surface area (Å²) in [6.45, 7) is 3.47. The van der Waals surface area contributed by atoms with Crippen molar-refractivity contribution in [3.05, 3.63) is 48.0 Å². The summed E-state index contributed by atoms with van der Waals surface area (Å²) in [4.78, 5) is 14.6. The molecular weight excluding hydrogens is 404 g/mol. The van der Waals surface area contributed by atoms with Crippen LogP contribution in [0.25, 0.3) is 0 Å². The number of likely N-dealkylation sites (tertiary alicyclic amines) is 1. The number of hydrogen-bond acceptors (Lipinski definition) is 5. The van der Waals surface area contributed by atoms with E-state index in [-0.39, 0.29) is 17.4 Å². The smallest absolute Gasteiger partial charge is 0.267 e. The van der Waals surface area contributed by atoms with Crippen LogP contribution in [0.3, 0.4) is 0 Å². The van der Waals surface area contributed by atoms with Gasteiger partial charge >= 0.3 is 0 Å². The third kappa shape index (κ3) is 3.96. The minimum atomic E-state index is -3.77. The monoisotopic (exact) mass is 430 g/mol. The van der Waals surface area contributed by atoms with Gasteiger partial charge in [-0.1, -0.05) is 12.1 Å². The zero-order valence-corrected chi connectivity index (χ0v) is 18.0. The van der Waals surface area contributed by atoms with Gasteiger partial charge in [0.2, 0.25) is 6.10 Å². The number of benzene rings is 2. The topological polar surface area (TPSA) is 76.2 Å². The Balaban J connectivity index is 1.53. The molecule has 8 heteroatoms. The number of aryl methyl sites for hydroxylation is 1. The predicted octanol–water partition coefficient (Wildman–Crippen LogP) is 2.97. The van der Waals surface area contributed by atoms with Crippen molar-refractivity contribution >= 4 is 21.6 Å². The number of ether oxygens (including phenoxy) is 2. The molecule has 0 saturated carbocycles. The average molecular weight is 431 g/mol. The van der Waals surface area contributed by atoms with Gasteiger partial charge < -0.3 is 14.4 Å². The van der Waals surface area contributed by atoms with E-state index in [9.17, 15) is 13.2 Å². The Kier molecular flexibility index (Phi) is 5.60. The summed E-state index contributed by atoms with van der Waals surface area (Å²) in [5.74, 6) is 0.640. The molecule has 0 bridgehead atoms. The van der Waals surface area contributed by atoms with Gasteiger partial charge in [-0.2, -0.15) is 0 Å². The van der Waals surface area contributed by atoms with Gasteiger partial charge in [0, 0.05) is 26.2 Å². The number of hydrogen-bond donors (Lipinski definition) is 0. The van der Waals surface area contributed by atoms with Gasteiger partial charge in [-0.3, -0.25) is 9.10 Å². The molecule has 0 N–H and O–H groups in total. The van der Waals surface area contributed by atoms with Gasteiger partial charge in [0.1, 0.15) is 6.61 Å². The molecule has 0 spiro atoms. The molecule has 0 unspecified atom stereocenters. The molecule has 1 fully saturated rings. The van der Waals surface area contributed by atoms with Crippen molar-refractivity contribution in [2.45, 2.75) is 37.2 Å². The molecule has 0 aliphatic carbocycles. The van der Waals surface area contributed by atoms with Crippen LogP contribution >= 0.6 is 0 Å². The quantitative estimate of drug-likeness (QED) is 0.745. The van der Waals surface area contributed by atoms with Gasteiger partial charge in [-0.15, -0.1) is 0 Å². The maximum Gasteiger partial charge on any atom is 0.267 e. The highest BCUT2D eigenvalue weighted by molar-refractivity contribution is 7.92. The normalized spacial score (nSPS) is 18.7. The summed E-state index contributed by atoms with van der Waals surface area (Å²) in [6, 6.07) is 11.8. The first-order chi connectivity index (χ1) is 14.4. The zero-order valence-electron chi connectivity index (χ0n) is 17.2. The Morgan fingerprint density at radius 3 is 2.57 bits per heavy atom. The lowest BCUT2D eigenvalue weighted by atomic mass is 10.1. The fourth-order valence-electron chi connectivity index (χ4n) is 3.77. The Labute approximate surface area is 177 Å². The first-order valence-corrected chi connectivity index (χ1v) is 11.6. The summed E-state index contributed by atoms with van der Waals surface area (Å²) >= 11 is 0. The lowest BCUT2D eigenvalue weighted by molar-refractivity contribution is -0.142. The number of anilines is 1. The molecule has 0 aromatic heterocycles. The van der Waals surface area contributed by atoms with E-state index < -0.39 is 16.1 Å². The van der Waals surface area contributed by atoms with Crippen LogP contribution in [0.2, 0.25) is 0 Å². The molecule has 30 heavy (non-hydrogen) atoms. The predicted molar refractivity (Wildman–Crippen MR) is 114 cm³/mol. The summed E-state index contributed by atoms with van der Waals surface area (Å²) in [5.41, 5.74) is 1.55. The Bertz CT molecular complexity index is 1050. The van der Waals surface area contributed by atoms with Gasteiger partial charge in [0.05, 0.1) is 10.6 Å². The second-order valence-corrected chi connectivity index (χ2v) is 9.69. The number of nitrogens with zero attached hydrogens (tertiary/aromatic N) is 2. The standard InChI is InChI=1S/C22H26N2O5S/c1-16-7-6-8-17(13-16)23(2)30(26,27)18-9-10-19-20(14-18)28-15-21(29-19)22(25)24-11-4-3-5-12-24/h6-10,13-14,21H,3-5,11-12,15H2,1-2H3/t21-/m1/s1. The van der Waals surface area contributed by atoms with Crippen molar-refractivity contribution in [2.24, 2.45) is 0 Å². The summed E-state index contributed by atoms with van der Waals surface area (Å²) in [7, 11) is -2.24. The minimum Gasteiger partial charge on any atom is -0.485 e. The maximum atomic E-state index is 13.1. The number of amides is 1. The van der Waals surface area contributed by atoms with E-state index in [1.807, 2.05) is 30.0 Å². The van der Waals surface area contributed by atoms with Crippen LogP contribution in [-0.4, -0.2) is 52.1 Å². The molecule has 2 aliphatic heterocycles. The molecule has 1 amide bonds. The number of sulfonamides is 1. The Hall–Kier alpha value is -2.74. The summed E-state index contributed by atoms with van der Waals surface area (Å²) < 4.78 is 39.0. The van der Waals surface area contributed by atoms with E-state index in [4.69, 9.17) is 9.47 Å². The Morgan fingerprint density at radius 2 is 1.83 bits per heavy atom. The van der Waals surface area contributed by atoms with E-state index >= 15 is 0 Å². The van der Waals surface area contributed by atoms with Crippen molar-refractivity contribution < 1.29 is 22.7 Å². The number of rotatable bonds is 4. The fraction of sp³-hybridized carbons (Fsp3) is 0.409. The van der Waals surface area contributed by atoms with Gasteiger partial charge in [-0.25, -0.2) is 8.42 Å². The zero-order chi connectivity index (χ0) is 21.3. The van der Waals surface area contributed by atoms with Crippen LogP contribution in [0.1, 0.15) is 24.8 Å². The van der Waals surface area contributed by atoms with Gasteiger partial charge in [0.15, 0.2) is 11.5 Å². The van der Waals surface area contributed by atoms with Crippen molar-refractivity contribution in [3.8, 4) is 11.5 Å². The molecular formula is C22H26N2O5S. The number of fused-ring (bicyclic) bond motifs is 1. The molecule has 1 saturated heterocycles.